The van der Waals surface area contributed by atoms with Crippen LogP contribution >= 0.6 is 11.8 Å². The zero-order valence-corrected chi connectivity index (χ0v) is 14.7. The smallest absolute Gasteiger partial charge is 0.352 e. The molecule has 0 saturated carbocycles. The number of benzene rings is 1. The molecular formula is C17H19F3N4OS. The summed E-state index contributed by atoms with van der Waals surface area (Å²) >= 11 is 1.84. The second-order valence-corrected chi connectivity index (χ2v) is 7.17. The first-order chi connectivity index (χ1) is 12.4. The van der Waals surface area contributed by atoms with Gasteiger partial charge in [0, 0.05) is 43.3 Å². The Morgan fingerprint density at radius 1 is 1.31 bits per heavy atom. The van der Waals surface area contributed by atoms with Crippen molar-refractivity contribution in [1.29, 1.82) is 0 Å². The number of thioether (sulfide) groups is 1. The molecule has 1 fully saturated rings. The highest BCUT2D eigenvalue weighted by Crippen LogP contribution is 2.27. The molecule has 1 unspecified atom stereocenters. The van der Waals surface area contributed by atoms with Crippen LogP contribution in [-0.2, 0) is 17.5 Å². The molecule has 0 aliphatic carbocycles. The molecule has 0 spiro atoms. The molecule has 3 rings (SSSR count). The highest BCUT2D eigenvalue weighted by molar-refractivity contribution is 7.99. The number of hydrogen-bond donors (Lipinski definition) is 2. The number of halogens is 3. The van der Waals surface area contributed by atoms with E-state index in [1.54, 1.807) is 24.3 Å². The Hall–Kier alpha value is -2.00. The average Bonchev–Trinajstić information content (AvgIpc) is 3.12. The van der Waals surface area contributed by atoms with E-state index in [0.29, 0.717) is 18.7 Å². The first kappa shape index (κ1) is 18.8. The Labute approximate surface area is 153 Å². The summed E-state index contributed by atoms with van der Waals surface area (Å²) in [5.41, 5.74) is 0.471. The van der Waals surface area contributed by atoms with Crippen molar-refractivity contribution in [2.24, 2.45) is 0 Å². The Morgan fingerprint density at radius 2 is 2.08 bits per heavy atom. The van der Waals surface area contributed by atoms with Gasteiger partial charge in [-0.1, -0.05) is 12.1 Å². The fourth-order valence-corrected chi connectivity index (χ4v) is 3.58. The predicted octanol–water partition coefficient (Wildman–Crippen LogP) is 2.60. The minimum Gasteiger partial charge on any atom is -0.352 e. The fraction of sp³-hybridized carbons (Fsp3) is 0.412. The Bertz CT molecular complexity index is 739. The van der Waals surface area contributed by atoms with Crippen LogP contribution in [0.2, 0.25) is 0 Å². The third kappa shape index (κ3) is 5.01. The van der Waals surface area contributed by atoms with E-state index in [1.165, 1.54) is 10.9 Å². The maximum atomic E-state index is 12.6. The van der Waals surface area contributed by atoms with E-state index in [1.807, 2.05) is 11.8 Å². The van der Waals surface area contributed by atoms with E-state index in [9.17, 15) is 18.0 Å². The number of nitrogens with one attached hydrogen (secondary N) is 2. The quantitative estimate of drug-likeness (QED) is 0.832. The van der Waals surface area contributed by atoms with Crippen LogP contribution in [0, 0.1) is 0 Å². The molecule has 1 aliphatic heterocycles. The molecule has 5 nitrogen and oxygen atoms in total. The van der Waals surface area contributed by atoms with Crippen LogP contribution in [0.15, 0.2) is 36.5 Å². The lowest BCUT2D eigenvalue weighted by molar-refractivity contribution is -0.141. The third-order valence-electron chi connectivity index (χ3n) is 4.00. The molecule has 0 bridgehead atoms. The number of carbonyl (C=O) groups is 1. The van der Waals surface area contributed by atoms with Crippen molar-refractivity contribution >= 4 is 17.7 Å². The lowest BCUT2D eigenvalue weighted by Crippen LogP contribution is -2.41. The van der Waals surface area contributed by atoms with E-state index >= 15 is 0 Å². The first-order valence-electron chi connectivity index (χ1n) is 8.22. The molecule has 9 heteroatoms. The van der Waals surface area contributed by atoms with Gasteiger partial charge in [-0.05, 0) is 23.8 Å². The largest absolute Gasteiger partial charge is 0.435 e. The number of aromatic nitrogens is 2. The van der Waals surface area contributed by atoms with E-state index in [0.717, 1.165) is 29.7 Å². The van der Waals surface area contributed by atoms with Crippen LogP contribution in [0.25, 0.3) is 5.69 Å². The van der Waals surface area contributed by atoms with E-state index in [-0.39, 0.29) is 11.9 Å². The number of alkyl halides is 3. The van der Waals surface area contributed by atoms with Gasteiger partial charge in [-0.15, -0.1) is 0 Å². The van der Waals surface area contributed by atoms with Gasteiger partial charge in [-0.25, -0.2) is 4.68 Å². The predicted molar refractivity (Wildman–Crippen MR) is 94.1 cm³/mol. The van der Waals surface area contributed by atoms with Crippen LogP contribution in [0.3, 0.4) is 0 Å². The van der Waals surface area contributed by atoms with Crippen LogP contribution < -0.4 is 10.6 Å². The fourth-order valence-electron chi connectivity index (χ4n) is 2.63. The summed E-state index contributed by atoms with van der Waals surface area (Å²) in [6, 6.07) is 8.02. The summed E-state index contributed by atoms with van der Waals surface area (Å²) in [7, 11) is 0. The van der Waals surface area contributed by atoms with Gasteiger partial charge in [0.1, 0.15) is 0 Å². The van der Waals surface area contributed by atoms with Crippen LogP contribution in [0.4, 0.5) is 13.2 Å². The molecule has 140 valence electrons. The lowest BCUT2D eigenvalue weighted by Gasteiger charge is -2.22. The maximum Gasteiger partial charge on any atom is 0.435 e. The zero-order valence-electron chi connectivity index (χ0n) is 13.9. The lowest BCUT2D eigenvalue weighted by atomic mass is 10.2. The molecule has 0 radical (unpaired) electrons. The van der Waals surface area contributed by atoms with Crippen molar-refractivity contribution in [1.82, 2.24) is 20.4 Å². The summed E-state index contributed by atoms with van der Waals surface area (Å²) in [6.07, 6.45) is -2.74. The van der Waals surface area contributed by atoms with Crippen molar-refractivity contribution in [3.8, 4) is 5.69 Å². The Morgan fingerprint density at radius 3 is 2.69 bits per heavy atom. The minimum absolute atomic E-state index is 0.0176. The molecule has 2 heterocycles. The van der Waals surface area contributed by atoms with Crippen molar-refractivity contribution in [2.75, 3.05) is 18.1 Å². The molecule has 1 saturated heterocycles. The zero-order chi connectivity index (χ0) is 18.6. The van der Waals surface area contributed by atoms with E-state index in [2.05, 4.69) is 15.7 Å². The third-order valence-corrected chi connectivity index (χ3v) is 5.13. The van der Waals surface area contributed by atoms with Crippen molar-refractivity contribution in [3.63, 3.8) is 0 Å². The van der Waals surface area contributed by atoms with Crippen LogP contribution in [0.1, 0.15) is 17.7 Å². The van der Waals surface area contributed by atoms with Gasteiger partial charge >= 0.3 is 6.18 Å². The summed E-state index contributed by atoms with van der Waals surface area (Å²) in [5.74, 6) is 1.99. The highest BCUT2D eigenvalue weighted by Gasteiger charge is 2.33. The molecule has 26 heavy (non-hydrogen) atoms. The van der Waals surface area contributed by atoms with Crippen LogP contribution in [-0.4, -0.2) is 39.8 Å². The van der Waals surface area contributed by atoms with Gasteiger partial charge in [-0.2, -0.15) is 30.0 Å². The van der Waals surface area contributed by atoms with E-state index < -0.39 is 11.9 Å². The number of carbonyl (C=O) groups excluding carboxylic acids is 1. The van der Waals surface area contributed by atoms with Gasteiger partial charge in [0.2, 0.25) is 5.91 Å². The monoisotopic (exact) mass is 384 g/mol. The summed E-state index contributed by atoms with van der Waals surface area (Å²) in [4.78, 5) is 12.0. The Kier molecular flexibility index (Phi) is 5.87. The van der Waals surface area contributed by atoms with Gasteiger partial charge in [-0.3, -0.25) is 4.79 Å². The molecule has 2 N–H and O–H groups in total. The van der Waals surface area contributed by atoms with Gasteiger partial charge < -0.3 is 10.6 Å². The van der Waals surface area contributed by atoms with Gasteiger partial charge in [0.25, 0.3) is 0 Å². The number of amides is 1. The highest BCUT2D eigenvalue weighted by atomic mass is 32.2. The molecule has 1 amide bonds. The number of nitrogens with zero attached hydrogens (tertiary/aromatic N) is 2. The normalized spacial score (nSPS) is 17.9. The second-order valence-electron chi connectivity index (χ2n) is 6.02. The van der Waals surface area contributed by atoms with Crippen molar-refractivity contribution < 1.29 is 18.0 Å². The summed E-state index contributed by atoms with van der Waals surface area (Å²) in [5, 5.41) is 9.72. The van der Waals surface area contributed by atoms with Gasteiger partial charge in [0.05, 0.1) is 5.69 Å². The topological polar surface area (TPSA) is 59.0 Å². The summed E-state index contributed by atoms with van der Waals surface area (Å²) < 4.78 is 39.0. The van der Waals surface area contributed by atoms with Gasteiger partial charge in [0.15, 0.2) is 5.69 Å². The maximum absolute atomic E-state index is 12.6. The molecule has 1 aliphatic rings. The van der Waals surface area contributed by atoms with Crippen molar-refractivity contribution in [3.05, 3.63) is 47.8 Å². The SMILES string of the molecule is O=C(CC1CSCCN1)NCc1ccc(-n2ccc(C(F)(F)F)n2)cc1. The standard InChI is InChI=1S/C17H19F3N4OS/c18-17(19,20)15-5-7-24(23-15)14-3-1-12(2-4-14)10-22-16(25)9-13-11-26-8-6-21-13/h1-5,7,13,21H,6,8-11H2,(H,22,25). The average molecular weight is 384 g/mol. The molecule has 1 atom stereocenters. The molecular weight excluding hydrogens is 365 g/mol. The number of rotatable bonds is 5. The molecule has 2 aromatic rings. The van der Waals surface area contributed by atoms with Crippen LogP contribution in [0.5, 0.6) is 0 Å². The Balaban J connectivity index is 1.52. The molecule has 1 aromatic heterocycles. The number of hydrogen-bond acceptors (Lipinski definition) is 4. The first-order valence-corrected chi connectivity index (χ1v) is 9.37. The summed E-state index contributed by atoms with van der Waals surface area (Å²) in [6.45, 7) is 1.31. The van der Waals surface area contributed by atoms with E-state index in [4.69, 9.17) is 0 Å². The second kappa shape index (κ2) is 8.13. The minimum atomic E-state index is -4.46. The van der Waals surface area contributed by atoms with Crippen molar-refractivity contribution in [2.45, 2.75) is 25.2 Å². The molecule has 1 aromatic carbocycles.